The van der Waals surface area contributed by atoms with Crippen molar-refractivity contribution in [2.45, 2.75) is 44.6 Å². The SMILES string of the molecule is COc1c(Br)cc(C(C)(C)C)cc1C1(N=C=O)CC1. The maximum Gasteiger partial charge on any atom is 0.235 e. The van der Waals surface area contributed by atoms with Gasteiger partial charge in [0.15, 0.2) is 0 Å². The molecule has 1 aromatic carbocycles. The molecule has 1 aliphatic rings. The molecule has 0 heterocycles. The molecule has 4 heteroatoms. The van der Waals surface area contributed by atoms with Crippen molar-refractivity contribution < 1.29 is 9.53 Å². The highest BCUT2D eigenvalue weighted by atomic mass is 79.9. The lowest BCUT2D eigenvalue weighted by molar-refractivity contribution is 0.400. The zero-order valence-electron chi connectivity index (χ0n) is 11.7. The first-order chi connectivity index (χ1) is 8.84. The van der Waals surface area contributed by atoms with Gasteiger partial charge < -0.3 is 4.74 Å². The Balaban J connectivity index is 2.64. The van der Waals surface area contributed by atoms with Crippen LogP contribution in [-0.4, -0.2) is 13.2 Å². The van der Waals surface area contributed by atoms with Crippen LogP contribution in [0.3, 0.4) is 0 Å². The lowest BCUT2D eigenvalue weighted by Crippen LogP contribution is -2.14. The minimum absolute atomic E-state index is 0.0323. The van der Waals surface area contributed by atoms with E-state index in [0.29, 0.717) is 0 Å². The van der Waals surface area contributed by atoms with Crippen molar-refractivity contribution in [3.8, 4) is 5.75 Å². The van der Waals surface area contributed by atoms with Crippen LogP contribution in [0.4, 0.5) is 0 Å². The average Bonchev–Trinajstić information content (AvgIpc) is 3.08. The summed E-state index contributed by atoms with van der Waals surface area (Å²) in [4.78, 5) is 14.7. The van der Waals surface area contributed by atoms with Crippen LogP contribution in [0.2, 0.25) is 0 Å². The smallest absolute Gasteiger partial charge is 0.235 e. The number of methoxy groups -OCH3 is 1. The molecule has 0 bridgehead atoms. The maximum atomic E-state index is 10.7. The third-order valence-electron chi connectivity index (χ3n) is 3.60. The molecule has 2 rings (SSSR count). The first kappa shape index (κ1) is 14.3. The molecular weight excluding hydrogens is 306 g/mol. The number of isocyanates is 1. The van der Waals surface area contributed by atoms with Crippen LogP contribution in [0.15, 0.2) is 21.6 Å². The number of benzene rings is 1. The van der Waals surface area contributed by atoms with Crippen molar-refractivity contribution in [2.24, 2.45) is 4.99 Å². The van der Waals surface area contributed by atoms with Crippen molar-refractivity contribution in [1.82, 2.24) is 0 Å². The monoisotopic (exact) mass is 323 g/mol. The van der Waals surface area contributed by atoms with Gasteiger partial charge in [-0.1, -0.05) is 20.8 Å². The molecule has 1 aromatic rings. The summed E-state index contributed by atoms with van der Waals surface area (Å²) in [5.74, 6) is 0.768. The van der Waals surface area contributed by atoms with Gasteiger partial charge in [0.25, 0.3) is 0 Å². The number of carbonyl (C=O) groups excluding carboxylic acids is 1. The molecule has 0 saturated heterocycles. The van der Waals surface area contributed by atoms with Crippen LogP contribution < -0.4 is 4.74 Å². The summed E-state index contributed by atoms with van der Waals surface area (Å²) in [6.07, 6.45) is 3.45. The molecule has 0 aromatic heterocycles. The Morgan fingerprint density at radius 3 is 2.42 bits per heavy atom. The molecule has 0 radical (unpaired) electrons. The van der Waals surface area contributed by atoms with Crippen LogP contribution in [0.5, 0.6) is 5.75 Å². The Bertz CT molecular complexity index is 550. The van der Waals surface area contributed by atoms with E-state index in [1.54, 1.807) is 13.2 Å². The van der Waals surface area contributed by atoms with Crippen molar-refractivity contribution in [2.75, 3.05) is 7.11 Å². The quantitative estimate of drug-likeness (QED) is 0.621. The lowest BCUT2D eigenvalue weighted by atomic mass is 9.85. The van der Waals surface area contributed by atoms with Gasteiger partial charge in [-0.2, -0.15) is 4.99 Å². The summed E-state index contributed by atoms with van der Waals surface area (Å²) in [5, 5.41) is 0. The molecule has 102 valence electrons. The number of nitrogens with zero attached hydrogens (tertiary/aromatic N) is 1. The Kier molecular flexibility index (Phi) is 3.59. The number of aliphatic imine (C=N–C) groups is 1. The third-order valence-corrected chi connectivity index (χ3v) is 4.19. The first-order valence-electron chi connectivity index (χ1n) is 6.31. The van der Waals surface area contributed by atoms with Gasteiger partial charge in [-0.05, 0) is 51.9 Å². The van der Waals surface area contributed by atoms with Crippen LogP contribution in [0.1, 0.15) is 44.7 Å². The van der Waals surface area contributed by atoms with Gasteiger partial charge in [0.1, 0.15) is 11.3 Å². The predicted molar refractivity (Wildman–Crippen MR) is 78.4 cm³/mol. The van der Waals surface area contributed by atoms with Crippen LogP contribution in [0, 0.1) is 0 Å². The average molecular weight is 324 g/mol. The predicted octanol–water partition coefficient (Wildman–Crippen LogP) is 4.08. The molecule has 0 N–H and O–H groups in total. The summed E-state index contributed by atoms with van der Waals surface area (Å²) in [6.45, 7) is 6.48. The van der Waals surface area contributed by atoms with Crippen LogP contribution in [-0.2, 0) is 15.7 Å². The number of hydrogen-bond donors (Lipinski definition) is 0. The summed E-state index contributed by atoms with van der Waals surface area (Å²) in [7, 11) is 1.64. The zero-order chi connectivity index (χ0) is 14.3. The summed E-state index contributed by atoms with van der Waals surface area (Å²) in [5.41, 5.74) is 1.79. The maximum absolute atomic E-state index is 10.7. The van der Waals surface area contributed by atoms with Gasteiger partial charge >= 0.3 is 0 Å². The van der Waals surface area contributed by atoms with Crippen LogP contribution in [0.25, 0.3) is 0 Å². The fourth-order valence-corrected chi connectivity index (χ4v) is 2.85. The minimum atomic E-state index is -0.420. The molecule has 3 nitrogen and oxygen atoms in total. The van der Waals surface area contributed by atoms with Crippen molar-refractivity contribution in [1.29, 1.82) is 0 Å². The molecule has 0 spiro atoms. The van der Waals surface area contributed by atoms with Gasteiger partial charge in [0, 0.05) is 5.56 Å². The second-order valence-electron chi connectivity index (χ2n) is 6.02. The second kappa shape index (κ2) is 4.77. The number of halogens is 1. The standard InChI is InChI=1S/C15H18BrNO2/c1-14(2,3)10-7-11(13(19-4)12(16)8-10)15(5-6-15)17-9-18/h7-8H,5-6H2,1-4H3. The van der Waals surface area contributed by atoms with E-state index < -0.39 is 5.54 Å². The summed E-state index contributed by atoms with van der Waals surface area (Å²) >= 11 is 3.56. The fourth-order valence-electron chi connectivity index (χ4n) is 2.23. The second-order valence-corrected chi connectivity index (χ2v) is 6.88. The fraction of sp³-hybridized carbons (Fsp3) is 0.533. The van der Waals surface area contributed by atoms with Crippen molar-refractivity contribution >= 4 is 22.0 Å². The minimum Gasteiger partial charge on any atom is -0.495 e. The summed E-state index contributed by atoms with van der Waals surface area (Å²) < 4.78 is 6.39. The lowest BCUT2D eigenvalue weighted by Gasteiger charge is -2.24. The summed E-state index contributed by atoms with van der Waals surface area (Å²) in [6, 6.07) is 4.18. The Hall–Kier alpha value is -1.12. The number of hydrogen-bond acceptors (Lipinski definition) is 3. The Morgan fingerprint density at radius 2 is 2.00 bits per heavy atom. The van der Waals surface area contributed by atoms with E-state index in [9.17, 15) is 4.79 Å². The molecule has 0 atom stereocenters. The third kappa shape index (κ3) is 2.60. The molecular formula is C15H18BrNO2. The van der Waals surface area contributed by atoms with E-state index in [-0.39, 0.29) is 5.41 Å². The van der Waals surface area contributed by atoms with Crippen molar-refractivity contribution in [3.63, 3.8) is 0 Å². The molecule has 0 aliphatic heterocycles. The Labute approximate surface area is 122 Å². The molecule has 0 unspecified atom stereocenters. The van der Waals surface area contributed by atoms with Gasteiger partial charge in [0.05, 0.1) is 11.6 Å². The van der Waals surface area contributed by atoms with E-state index in [2.05, 4.69) is 53.8 Å². The van der Waals surface area contributed by atoms with E-state index >= 15 is 0 Å². The molecule has 19 heavy (non-hydrogen) atoms. The largest absolute Gasteiger partial charge is 0.495 e. The topological polar surface area (TPSA) is 38.7 Å². The van der Waals surface area contributed by atoms with Gasteiger partial charge in [0.2, 0.25) is 6.08 Å². The molecule has 0 amide bonds. The van der Waals surface area contributed by atoms with Gasteiger partial charge in [-0.25, -0.2) is 4.79 Å². The zero-order valence-corrected chi connectivity index (χ0v) is 13.3. The highest BCUT2D eigenvalue weighted by Gasteiger charge is 2.47. The highest BCUT2D eigenvalue weighted by Crippen LogP contribution is 2.54. The number of rotatable bonds is 3. The highest BCUT2D eigenvalue weighted by molar-refractivity contribution is 9.10. The van der Waals surface area contributed by atoms with E-state index in [1.165, 1.54) is 5.56 Å². The van der Waals surface area contributed by atoms with Crippen LogP contribution >= 0.6 is 15.9 Å². The first-order valence-corrected chi connectivity index (χ1v) is 7.11. The number of ether oxygens (including phenoxy) is 1. The molecule has 1 fully saturated rings. The molecule has 1 saturated carbocycles. The molecule has 1 aliphatic carbocycles. The Morgan fingerprint density at radius 1 is 1.37 bits per heavy atom. The van der Waals surface area contributed by atoms with E-state index in [0.717, 1.165) is 28.6 Å². The van der Waals surface area contributed by atoms with Gasteiger partial charge in [-0.3, -0.25) is 0 Å². The van der Waals surface area contributed by atoms with Crippen molar-refractivity contribution in [3.05, 3.63) is 27.7 Å². The normalized spacial score (nSPS) is 16.7. The van der Waals surface area contributed by atoms with Gasteiger partial charge in [-0.15, -0.1) is 0 Å². The van der Waals surface area contributed by atoms with E-state index in [4.69, 9.17) is 4.74 Å². The van der Waals surface area contributed by atoms with E-state index in [1.807, 2.05) is 0 Å².